The summed E-state index contributed by atoms with van der Waals surface area (Å²) in [4.78, 5) is 32.7. The molecule has 0 aliphatic carbocycles. The van der Waals surface area contributed by atoms with Crippen LogP contribution in [0.25, 0.3) is 11.0 Å². The van der Waals surface area contributed by atoms with Gasteiger partial charge in [-0.25, -0.2) is 4.98 Å². The van der Waals surface area contributed by atoms with E-state index in [4.69, 9.17) is 0 Å². The third kappa shape index (κ3) is 2.57. The standard InChI is InChI=1S/C19H18N2O2/c1-10-5-6-14(7-11(10)2)17(22)16-9-20-19-15(18(16)23)8-12(3)13(4)21-19/h5-9H,1-4H3,(H,20,21,23). The third-order valence-electron chi connectivity index (χ3n) is 4.32. The van der Waals surface area contributed by atoms with Crippen molar-refractivity contribution >= 4 is 16.8 Å². The van der Waals surface area contributed by atoms with Crippen molar-refractivity contribution in [2.45, 2.75) is 27.7 Å². The number of hydrogen-bond donors (Lipinski definition) is 1. The monoisotopic (exact) mass is 306 g/mol. The molecule has 1 N–H and O–H groups in total. The smallest absolute Gasteiger partial charge is 0.202 e. The van der Waals surface area contributed by atoms with E-state index < -0.39 is 0 Å². The summed E-state index contributed by atoms with van der Waals surface area (Å²) < 4.78 is 0. The van der Waals surface area contributed by atoms with Gasteiger partial charge in [0.1, 0.15) is 5.65 Å². The highest BCUT2D eigenvalue weighted by molar-refractivity contribution is 6.10. The highest BCUT2D eigenvalue weighted by Crippen LogP contribution is 2.15. The van der Waals surface area contributed by atoms with Gasteiger partial charge >= 0.3 is 0 Å². The average Bonchev–Trinajstić information content (AvgIpc) is 2.52. The van der Waals surface area contributed by atoms with Gasteiger partial charge in [0.05, 0.1) is 10.9 Å². The number of benzene rings is 1. The lowest BCUT2D eigenvalue weighted by Gasteiger charge is -2.07. The molecule has 0 radical (unpaired) electrons. The van der Waals surface area contributed by atoms with E-state index >= 15 is 0 Å². The average molecular weight is 306 g/mol. The number of hydrogen-bond acceptors (Lipinski definition) is 3. The van der Waals surface area contributed by atoms with Crippen molar-refractivity contribution in [2.75, 3.05) is 0 Å². The van der Waals surface area contributed by atoms with Crippen molar-refractivity contribution in [1.29, 1.82) is 0 Å². The van der Waals surface area contributed by atoms with Gasteiger partial charge in [-0.1, -0.05) is 12.1 Å². The lowest BCUT2D eigenvalue weighted by atomic mass is 9.99. The summed E-state index contributed by atoms with van der Waals surface area (Å²) in [6.07, 6.45) is 1.46. The minimum Gasteiger partial charge on any atom is -0.345 e. The Bertz CT molecular complexity index is 1000. The number of nitrogens with zero attached hydrogens (tertiary/aromatic N) is 1. The molecule has 4 heteroatoms. The van der Waals surface area contributed by atoms with Crippen LogP contribution in [0.2, 0.25) is 0 Å². The molecule has 0 fully saturated rings. The third-order valence-corrected chi connectivity index (χ3v) is 4.32. The van der Waals surface area contributed by atoms with E-state index in [0.717, 1.165) is 22.4 Å². The second-order valence-electron chi connectivity index (χ2n) is 5.95. The summed E-state index contributed by atoms with van der Waals surface area (Å²) in [7, 11) is 0. The largest absolute Gasteiger partial charge is 0.345 e. The van der Waals surface area contributed by atoms with E-state index in [1.807, 2.05) is 39.8 Å². The molecule has 2 heterocycles. The van der Waals surface area contributed by atoms with Crippen LogP contribution in [0.3, 0.4) is 0 Å². The number of fused-ring (bicyclic) bond motifs is 1. The zero-order chi connectivity index (χ0) is 16.7. The van der Waals surface area contributed by atoms with Crippen molar-refractivity contribution < 1.29 is 4.79 Å². The van der Waals surface area contributed by atoms with E-state index in [2.05, 4.69) is 9.97 Å². The van der Waals surface area contributed by atoms with E-state index in [1.54, 1.807) is 12.1 Å². The van der Waals surface area contributed by atoms with Crippen LogP contribution in [0.1, 0.15) is 38.3 Å². The van der Waals surface area contributed by atoms with E-state index in [0.29, 0.717) is 16.6 Å². The Morgan fingerprint density at radius 2 is 1.74 bits per heavy atom. The fourth-order valence-electron chi connectivity index (χ4n) is 2.55. The Morgan fingerprint density at radius 3 is 2.43 bits per heavy atom. The molecule has 23 heavy (non-hydrogen) atoms. The molecule has 0 aliphatic rings. The van der Waals surface area contributed by atoms with Crippen molar-refractivity contribution in [3.8, 4) is 0 Å². The molecular formula is C19H18N2O2. The van der Waals surface area contributed by atoms with Gasteiger partial charge in [-0.05, 0) is 56.5 Å². The maximum atomic E-state index is 12.7. The highest BCUT2D eigenvalue weighted by Gasteiger charge is 2.16. The predicted molar refractivity (Wildman–Crippen MR) is 91.2 cm³/mol. The SMILES string of the molecule is Cc1ccc(C(=O)c2c[nH]c3nc(C)c(C)cc3c2=O)cc1C. The van der Waals surface area contributed by atoms with Crippen LogP contribution in [-0.4, -0.2) is 15.8 Å². The number of aromatic amines is 1. The Hall–Kier alpha value is -2.75. The quantitative estimate of drug-likeness (QED) is 0.738. The predicted octanol–water partition coefficient (Wildman–Crippen LogP) is 3.39. The number of ketones is 1. The number of rotatable bonds is 2. The van der Waals surface area contributed by atoms with E-state index in [9.17, 15) is 9.59 Å². The van der Waals surface area contributed by atoms with Crippen LogP contribution in [0.5, 0.6) is 0 Å². The molecule has 3 rings (SSSR count). The molecule has 0 saturated heterocycles. The molecule has 0 bridgehead atoms. The van der Waals surface area contributed by atoms with Gasteiger partial charge in [0.2, 0.25) is 5.43 Å². The van der Waals surface area contributed by atoms with Crippen molar-refractivity contribution in [2.24, 2.45) is 0 Å². The van der Waals surface area contributed by atoms with Gasteiger partial charge in [-0.3, -0.25) is 9.59 Å². The number of H-pyrrole nitrogens is 1. The number of carbonyl (C=O) groups is 1. The normalized spacial score (nSPS) is 11.0. The Labute approximate surface area is 134 Å². The number of aryl methyl sites for hydroxylation is 4. The van der Waals surface area contributed by atoms with Gasteiger partial charge in [0, 0.05) is 17.5 Å². The maximum absolute atomic E-state index is 12.7. The number of pyridine rings is 2. The van der Waals surface area contributed by atoms with Crippen LogP contribution < -0.4 is 5.43 Å². The first-order valence-electron chi connectivity index (χ1n) is 7.50. The zero-order valence-corrected chi connectivity index (χ0v) is 13.7. The second kappa shape index (κ2) is 5.47. The van der Waals surface area contributed by atoms with Crippen molar-refractivity contribution in [3.05, 3.63) is 74.2 Å². The first kappa shape index (κ1) is 15.2. The van der Waals surface area contributed by atoms with Crippen LogP contribution >= 0.6 is 0 Å². The van der Waals surface area contributed by atoms with Gasteiger partial charge in [-0.15, -0.1) is 0 Å². The Kier molecular flexibility index (Phi) is 3.60. The second-order valence-corrected chi connectivity index (χ2v) is 5.95. The number of nitrogens with one attached hydrogen (secondary N) is 1. The van der Waals surface area contributed by atoms with Crippen LogP contribution in [0, 0.1) is 27.7 Å². The summed E-state index contributed by atoms with van der Waals surface area (Å²) in [5, 5.41) is 0.447. The molecule has 2 aromatic heterocycles. The molecule has 0 spiro atoms. The summed E-state index contributed by atoms with van der Waals surface area (Å²) in [6.45, 7) is 7.73. The molecule has 1 aromatic carbocycles. The molecule has 0 aliphatic heterocycles. The topological polar surface area (TPSA) is 62.8 Å². The minimum atomic E-state index is -0.280. The Balaban J connectivity index is 2.18. The molecule has 116 valence electrons. The highest BCUT2D eigenvalue weighted by atomic mass is 16.1. The lowest BCUT2D eigenvalue weighted by molar-refractivity contribution is 0.103. The van der Waals surface area contributed by atoms with Gasteiger partial charge in [0.25, 0.3) is 0 Å². The minimum absolute atomic E-state index is 0.144. The zero-order valence-electron chi connectivity index (χ0n) is 13.7. The molecule has 0 unspecified atom stereocenters. The van der Waals surface area contributed by atoms with Crippen molar-refractivity contribution in [1.82, 2.24) is 9.97 Å². The molecule has 4 nitrogen and oxygen atoms in total. The summed E-state index contributed by atoms with van der Waals surface area (Å²) in [5.74, 6) is -0.269. The first-order valence-corrected chi connectivity index (χ1v) is 7.50. The van der Waals surface area contributed by atoms with Crippen LogP contribution in [0.4, 0.5) is 0 Å². The first-order chi connectivity index (χ1) is 10.9. The van der Waals surface area contributed by atoms with Gasteiger partial charge < -0.3 is 4.98 Å². The number of carbonyl (C=O) groups excluding carboxylic acids is 1. The molecule has 0 saturated carbocycles. The Morgan fingerprint density at radius 1 is 1.00 bits per heavy atom. The molecule has 3 aromatic rings. The molecule has 0 amide bonds. The fraction of sp³-hybridized carbons (Fsp3) is 0.211. The summed E-state index contributed by atoms with van der Waals surface area (Å²) in [6, 6.07) is 7.26. The van der Waals surface area contributed by atoms with Crippen LogP contribution in [0.15, 0.2) is 35.3 Å². The van der Waals surface area contributed by atoms with Gasteiger partial charge in [0.15, 0.2) is 5.78 Å². The summed E-state index contributed by atoms with van der Waals surface area (Å²) in [5.41, 5.74) is 4.83. The van der Waals surface area contributed by atoms with E-state index in [1.165, 1.54) is 6.20 Å². The number of aromatic nitrogens is 2. The lowest BCUT2D eigenvalue weighted by Crippen LogP contribution is -2.17. The van der Waals surface area contributed by atoms with Crippen LogP contribution in [-0.2, 0) is 0 Å². The van der Waals surface area contributed by atoms with E-state index in [-0.39, 0.29) is 16.8 Å². The summed E-state index contributed by atoms with van der Waals surface area (Å²) >= 11 is 0. The van der Waals surface area contributed by atoms with Gasteiger partial charge in [-0.2, -0.15) is 0 Å². The van der Waals surface area contributed by atoms with Crippen molar-refractivity contribution in [3.63, 3.8) is 0 Å². The fourth-order valence-corrected chi connectivity index (χ4v) is 2.55. The molecular weight excluding hydrogens is 288 g/mol. The molecule has 0 atom stereocenters. The maximum Gasteiger partial charge on any atom is 0.202 e.